The Balaban J connectivity index is 3.02. The lowest BCUT2D eigenvalue weighted by atomic mass is 10.0. The predicted octanol–water partition coefficient (Wildman–Crippen LogP) is 4.46. The standard InChI is InChI=1S/C15H22O/c1-6-8-13-11-12(7-2)9-10-14(13)16-15(3,4)5/h7,9-11H,2,6,8H2,1,3-5H3. The van der Waals surface area contributed by atoms with Crippen LogP contribution in [0.4, 0.5) is 0 Å². The number of benzene rings is 1. The second kappa shape index (κ2) is 5.20. The summed E-state index contributed by atoms with van der Waals surface area (Å²) in [6, 6.07) is 6.26. The van der Waals surface area contributed by atoms with Crippen LogP contribution in [0.2, 0.25) is 0 Å². The van der Waals surface area contributed by atoms with Crippen molar-refractivity contribution in [2.75, 3.05) is 0 Å². The molecule has 0 fully saturated rings. The summed E-state index contributed by atoms with van der Waals surface area (Å²) < 4.78 is 5.95. The summed E-state index contributed by atoms with van der Waals surface area (Å²) in [5.74, 6) is 1.000. The molecule has 0 bridgehead atoms. The highest BCUT2D eigenvalue weighted by Crippen LogP contribution is 2.26. The Morgan fingerprint density at radius 3 is 2.50 bits per heavy atom. The Morgan fingerprint density at radius 1 is 1.31 bits per heavy atom. The van der Waals surface area contributed by atoms with Crippen molar-refractivity contribution >= 4 is 6.08 Å². The molecule has 0 amide bonds. The maximum absolute atomic E-state index is 5.95. The van der Waals surface area contributed by atoms with Gasteiger partial charge in [-0.25, -0.2) is 0 Å². The van der Waals surface area contributed by atoms with E-state index in [0.717, 1.165) is 24.2 Å². The highest BCUT2D eigenvalue weighted by Gasteiger charge is 2.14. The fourth-order valence-electron chi connectivity index (χ4n) is 1.62. The summed E-state index contributed by atoms with van der Waals surface area (Å²) in [4.78, 5) is 0. The van der Waals surface area contributed by atoms with Gasteiger partial charge in [0.15, 0.2) is 0 Å². The van der Waals surface area contributed by atoms with E-state index < -0.39 is 0 Å². The zero-order valence-electron chi connectivity index (χ0n) is 10.8. The van der Waals surface area contributed by atoms with Gasteiger partial charge < -0.3 is 4.74 Å². The molecule has 0 radical (unpaired) electrons. The van der Waals surface area contributed by atoms with Crippen LogP contribution in [-0.4, -0.2) is 5.60 Å². The van der Waals surface area contributed by atoms with Crippen molar-refractivity contribution in [3.63, 3.8) is 0 Å². The van der Waals surface area contributed by atoms with Crippen LogP contribution in [0.25, 0.3) is 6.08 Å². The van der Waals surface area contributed by atoms with Gasteiger partial charge in [0.25, 0.3) is 0 Å². The molecule has 0 saturated carbocycles. The van der Waals surface area contributed by atoms with Gasteiger partial charge in [-0.05, 0) is 50.5 Å². The van der Waals surface area contributed by atoms with E-state index >= 15 is 0 Å². The fraction of sp³-hybridized carbons (Fsp3) is 0.467. The largest absolute Gasteiger partial charge is 0.488 e. The van der Waals surface area contributed by atoms with Crippen molar-refractivity contribution in [3.05, 3.63) is 35.9 Å². The zero-order valence-corrected chi connectivity index (χ0v) is 10.8. The van der Waals surface area contributed by atoms with E-state index in [-0.39, 0.29) is 5.60 Å². The van der Waals surface area contributed by atoms with E-state index in [1.54, 1.807) is 0 Å². The number of hydrogen-bond donors (Lipinski definition) is 0. The number of ether oxygens (including phenoxy) is 1. The molecular weight excluding hydrogens is 196 g/mol. The minimum Gasteiger partial charge on any atom is -0.488 e. The molecule has 0 heterocycles. The van der Waals surface area contributed by atoms with Crippen LogP contribution in [0.15, 0.2) is 24.8 Å². The lowest BCUT2D eigenvalue weighted by molar-refractivity contribution is 0.129. The van der Waals surface area contributed by atoms with Crippen molar-refractivity contribution < 1.29 is 4.74 Å². The molecule has 1 nitrogen and oxygen atoms in total. The van der Waals surface area contributed by atoms with Crippen molar-refractivity contribution in [2.45, 2.75) is 46.1 Å². The summed E-state index contributed by atoms with van der Waals surface area (Å²) in [5, 5.41) is 0. The van der Waals surface area contributed by atoms with Crippen LogP contribution in [0.5, 0.6) is 5.75 Å². The molecule has 1 aromatic carbocycles. The number of aryl methyl sites for hydroxylation is 1. The van der Waals surface area contributed by atoms with Gasteiger partial charge in [0.1, 0.15) is 11.4 Å². The molecule has 88 valence electrons. The fourth-order valence-corrected chi connectivity index (χ4v) is 1.62. The molecule has 0 aliphatic rings. The van der Waals surface area contributed by atoms with Gasteiger partial charge in [-0.1, -0.05) is 32.1 Å². The first-order valence-electron chi connectivity index (χ1n) is 5.90. The molecule has 1 rings (SSSR count). The molecule has 0 spiro atoms. The van der Waals surface area contributed by atoms with Crippen LogP contribution >= 0.6 is 0 Å². The van der Waals surface area contributed by atoms with Crippen LogP contribution in [0.1, 0.15) is 45.2 Å². The van der Waals surface area contributed by atoms with Crippen LogP contribution in [-0.2, 0) is 6.42 Å². The van der Waals surface area contributed by atoms with Crippen LogP contribution in [0.3, 0.4) is 0 Å². The topological polar surface area (TPSA) is 9.23 Å². The summed E-state index contributed by atoms with van der Waals surface area (Å²) >= 11 is 0. The second-order valence-corrected chi connectivity index (χ2v) is 5.04. The summed E-state index contributed by atoms with van der Waals surface area (Å²) in [7, 11) is 0. The van der Waals surface area contributed by atoms with E-state index in [1.165, 1.54) is 5.56 Å². The third kappa shape index (κ3) is 3.73. The maximum Gasteiger partial charge on any atom is 0.123 e. The first-order chi connectivity index (χ1) is 7.46. The number of rotatable bonds is 4. The highest BCUT2D eigenvalue weighted by molar-refractivity contribution is 5.51. The molecule has 0 atom stereocenters. The van der Waals surface area contributed by atoms with Gasteiger partial charge in [0.2, 0.25) is 0 Å². The lowest BCUT2D eigenvalue weighted by Gasteiger charge is -2.23. The molecule has 1 aromatic rings. The van der Waals surface area contributed by atoms with Crippen LogP contribution in [0, 0.1) is 0 Å². The molecule has 0 unspecified atom stereocenters. The second-order valence-electron chi connectivity index (χ2n) is 5.04. The Labute approximate surface area is 99.1 Å². The molecule has 0 aromatic heterocycles. The first-order valence-corrected chi connectivity index (χ1v) is 5.90. The number of hydrogen-bond acceptors (Lipinski definition) is 1. The minimum atomic E-state index is -0.141. The predicted molar refractivity (Wildman–Crippen MR) is 70.9 cm³/mol. The molecular formula is C15H22O. The van der Waals surface area contributed by atoms with Crippen molar-refractivity contribution in [1.29, 1.82) is 0 Å². The monoisotopic (exact) mass is 218 g/mol. The van der Waals surface area contributed by atoms with E-state index in [0.29, 0.717) is 0 Å². The normalized spacial score (nSPS) is 11.2. The molecule has 16 heavy (non-hydrogen) atoms. The van der Waals surface area contributed by atoms with E-state index in [2.05, 4.69) is 40.3 Å². The lowest BCUT2D eigenvalue weighted by Crippen LogP contribution is -2.23. The van der Waals surface area contributed by atoms with Gasteiger partial charge in [0, 0.05) is 0 Å². The molecule has 0 saturated heterocycles. The Bertz CT molecular complexity index is 358. The molecule has 0 aliphatic heterocycles. The Hall–Kier alpha value is -1.24. The van der Waals surface area contributed by atoms with E-state index in [9.17, 15) is 0 Å². The molecule has 0 N–H and O–H groups in total. The van der Waals surface area contributed by atoms with Crippen LogP contribution < -0.4 is 4.74 Å². The van der Waals surface area contributed by atoms with Crippen molar-refractivity contribution in [1.82, 2.24) is 0 Å². The van der Waals surface area contributed by atoms with Gasteiger partial charge in [0.05, 0.1) is 0 Å². The summed E-state index contributed by atoms with van der Waals surface area (Å²) in [6.07, 6.45) is 4.05. The quantitative estimate of drug-likeness (QED) is 0.725. The van der Waals surface area contributed by atoms with Gasteiger partial charge in [-0.15, -0.1) is 0 Å². The van der Waals surface area contributed by atoms with Gasteiger partial charge >= 0.3 is 0 Å². The third-order valence-electron chi connectivity index (χ3n) is 2.26. The van der Waals surface area contributed by atoms with E-state index in [1.807, 2.05) is 18.2 Å². The smallest absolute Gasteiger partial charge is 0.123 e. The van der Waals surface area contributed by atoms with Gasteiger partial charge in [-0.2, -0.15) is 0 Å². The minimum absolute atomic E-state index is 0.141. The SMILES string of the molecule is C=Cc1ccc(OC(C)(C)C)c(CCC)c1. The highest BCUT2D eigenvalue weighted by atomic mass is 16.5. The summed E-state index contributed by atoms with van der Waals surface area (Å²) in [5.41, 5.74) is 2.29. The van der Waals surface area contributed by atoms with Crippen molar-refractivity contribution in [2.24, 2.45) is 0 Å². The maximum atomic E-state index is 5.95. The Kier molecular flexibility index (Phi) is 4.17. The third-order valence-corrected chi connectivity index (χ3v) is 2.26. The average molecular weight is 218 g/mol. The summed E-state index contributed by atoms with van der Waals surface area (Å²) in [6.45, 7) is 12.2. The van der Waals surface area contributed by atoms with E-state index in [4.69, 9.17) is 4.74 Å². The van der Waals surface area contributed by atoms with Crippen molar-refractivity contribution in [3.8, 4) is 5.75 Å². The average Bonchev–Trinajstić information content (AvgIpc) is 2.19. The molecule has 0 aliphatic carbocycles. The Morgan fingerprint density at radius 2 is 2.00 bits per heavy atom. The molecule has 1 heteroatoms. The van der Waals surface area contributed by atoms with Gasteiger partial charge in [-0.3, -0.25) is 0 Å². The zero-order chi connectivity index (χ0) is 12.2. The first kappa shape index (κ1) is 12.8.